The fourth-order valence-corrected chi connectivity index (χ4v) is 4.80. The highest BCUT2D eigenvalue weighted by Gasteiger charge is 2.58. The Morgan fingerprint density at radius 1 is 0.971 bits per heavy atom. The molecule has 1 amide bonds. The third kappa shape index (κ3) is 5.41. The van der Waals surface area contributed by atoms with Crippen molar-refractivity contribution in [1.29, 1.82) is 0 Å². The average Bonchev–Trinajstić information content (AvgIpc) is 3.53. The van der Waals surface area contributed by atoms with Crippen LogP contribution in [0.1, 0.15) is 58.6 Å². The summed E-state index contributed by atoms with van der Waals surface area (Å²) in [6.07, 6.45) is 1.55. The van der Waals surface area contributed by atoms with Crippen LogP contribution < -0.4 is 5.73 Å². The Morgan fingerprint density at radius 2 is 1.46 bits per heavy atom. The molecule has 6 nitrogen and oxygen atoms in total. The molecule has 0 bridgehead atoms. The predicted octanol–water partition coefficient (Wildman–Crippen LogP) is 4.84. The van der Waals surface area contributed by atoms with Gasteiger partial charge in [0.05, 0.1) is 12.0 Å². The normalized spacial score (nSPS) is 22.7. The Labute approximate surface area is 209 Å². The SMILES string of the molecule is CC(C(=O)O)C(C)(C)c1ccccc1.[C-]#[N+]C1CC2CC2N1C(=O)[C@@H](N)C(C)(C)c1ccccc1. The first-order chi connectivity index (χ1) is 16.4. The Balaban J connectivity index is 0.000000214. The van der Waals surface area contributed by atoms with E-state index in [4.69, 9.17) is 17.4 Å². The van der Waals surface area contributed by atoms with Gasteiger partial charge in [-0.3, -0.25) is 19.3 Å². The second-order valence-electron chi connectivity index (χ2n) is 10.9. The van der Waals surface area contributed by atoms with Crippen LogP contribution in [0, 0.1) is 18.4 Å². The molecule has 0 radical (unpaired) electrons. The van der Waals surface area contributed by atoms with Gasteiger partial charge in [0.1, 0.15) is 0 Å². The van der Waals surface area contributed by atoms with Gasteiger partial charge in [0.2, 0.25) is 5.91 Å². The van der Waals surface area contributed by atoms with Crippen LogP contribution in [0.2, 0.25) is 0 Å². The monoisotopic (exact) mass is 475 g/mol. The van der Waals surface area contributed by atoms with E-state index >= 15 is 0 Å². The van der Waals surface area contributed by atoms with E-state index in [1.807, 2.05) is 88.4 Å². The standard InChI is InChI=1S/C17H21N3O.C12H16O2/c1-17(2,12-7-5-4-6-8-12)15(18)16(21)20-13-9-11(13)10-14(20)19-3;1-9(11(13)14)12(2,3)10-7-5-4-6-8-10/h4-8,11,13-15H,9-10,18H2,1-2H3;4-9H,1-3H3,(H,13,14)/t11?,13?,14?,15-;/m1./s1. The number of nitrogens with zero attached hydrogens (tertiary/aromatic N) is 2. The molecule has 186 valence electrons. The van der Waals surface area contributed by atoms with Gasteiger partial charge >= 0.3 is 12.1 Å². The van der Waals surface area contributed by atoms with E-state index in [-0.39, 0.29) is 29.4 Å². The van der Waals surface area contributed by atoms with Crippen molar-refractivity contribution in [2.45, 2.75) is 76.5 Å². The van der Waals surface area contributed by atoms with Crippen molar-refractivity contribution >= 4 is 11.9 Å². The zero-order valence-electron chi connectivity index (χ0n) is 21.3. The zero-order valence-corrected chi connectivity index (χ0v) is 21.3. The van der Waals surface area contributed by atoms with Crippen molar-refractivity contribution in [2.24, 2.45) is 17.6 Å². The molecule has 2 aliphatic rings. The maximum absolute atomic E-state index is 12.8. The van der Waals surface area contributed by atoms with Crippen molar-refractivity contribution in [3.8, 4) is 0 Å². The number of hydrogen-bond donors (Lipinski definition) is 2. The first-order valence-corrected chi connectivity index (χ1v) is 12.2. The lowest BCUT2D eigenvalue weighted by Crippen LogP contribution is -2.54. The first-order valence-electron chi connectivity index (χ1n) is 12.2. The molecular formula is C29H37N3O3. The van der Waals surface area contributed by atoms with Crippen LogP contribution in [-0.2, 0) is 20.4 Å². The number of nitrogens with two attached hydrogens (primary N) is 1. The average molecular weight is 476 g/mol. The van der Waals surface area contributed by atoms with Gasteiger partial charge in [-0.2, -0.15) is 0 Å². The molecule has 6 heteroatoms. The minimum Gasteiger partial charge on any atom is -0.481 e. The summed E-state index contributed by atoms with van der Waals surface area (Å²) in [5.74, 6) is -0.682. The fraction of sp³-hybridized carbons (Fsp3) is 0.483. The fourth-order valence-electron chi connectivity index (χ4n) is 4.80. The molecule has 1 aliphatic carbocycles. The molecule has 0 spiro atoms. The van der Waals surface area contributed by atoms with Gasteiger partial charge in [-0.05, 0) is 23.5 Å². The van der Waals surface area contributed by atoms with Crippen molar-refractivity contribution in [3.63, 3.8) is 0 Å². The number of carboxylic acid groups (broad SMARTS) is 1. The summed E-state index contributed by atoms with van der Waals surface area (Å²) in [7, 11) is 0. The van der Waals surface area contributed by atoms with Gasteiger partial charge in [-0.1, -0.05) is 95.3 Å². The Morgan fingerprint density at radius 3 is 1.91 bits per heavy atom. The quantitative estimate of drug-likeness (QED) is 0.585. The first kappa shape index (κ1) is 26.4. The lowest BCUT2D eigenvalue weighted by molar-refractivity contribution is -0.143. The number of carbonyl (C=O) groups excluding carboxylic acids is 1. The summed E-state index contributed by atoms with van der Waals surface area (Å²) in [6, 6.07) is 19.3. The molecule has 4 unspecified atom stereocenters. The summed E-state index contributed by atoms with van der Waals surface area (Å²) in [4.78, 5) is 29.1. The molecular weight excluding hydrogens is 438 g/mol. The highest BCUT2D eigenvalue weighted by Crippen LogP contribution is 2.48. The molecule has 5 atom stereocenters. The summed E-state index contributed by atoms with van der Waals surface area (Å²) in [5, 5.41) is 8.98. The third-order valence-electron chi connectivity index (χ3n) is 8.01. The number of rotatable bonds is 6. The molecule has 35 heavy (non-hydrogen) atoms. The van der Waals surface area contributed by atoms with Crippen molar-refractivity contribution in [3.05, 3.63) is 83.2 Å². The number of carbonyl (C=O) groups is 2. The van der Waals surface area contributed by atoms with Gasteiger partial charge in [-0.25, -0.2) is 6.57 Å². The molecule has 1 aliphatic heterocycles. The van der Waals surface area contributed by atoms with Crippen molar-refractivity contribution in [1.82, 2.24) is 4.90 Å². The second kappa shape index (κ2) is 10.2. The van der Waals surface area contributed by atoms with Crippen LogP contribution in [0.25, 0.3) is 4.85 Å². The minimum atomic E-state index is -0.751. The van der Waals surface area contributed by atoms with E-state index in [1.165, 1.54) is 0 Å². The maximum Gasteiger partial charge on any atom is 0.307 e. The minimum absolute atomic E-state index is 0.0742. The van der Waals surface area contributed by atoms with E-state index in [9.17, 15) is 9.59 Å². The van der Waals surface area contributed by atoms with E-state index in [2.05, 4.69) is 4.85 Å². The van der Waals surface area contributed by atoms with Gasteiger partial charge < -0.3 is 10.8 Å². The Kier molecular flexibility index (Phi) is 7.71. The Bertz CT molecular complexity index is 1080. The molecule has 1 saturated heterocycles. The number of piperidine rings is 1. The van der Waals surface area contributed by atoms with Gasteiger partial charge in [0.15, 0.2) is 0 Å². The van der Waals surface area contributed by atoms with Crippen LogP contribution in [0.4, 0.5) is 0 Å². The number of aliphatic carboxylic acids is 1. The van der Waals surface area contributed by atoms with Crippen molar-refractivity contribution < 1.29 is 14.7 Å². The molecule has 2 aromatic carbocycles. The number of hydrogen-bond acceptors (Lipinski definition) is 3. The topological polar surface area (TPSA) is 88.0 Å². The summed E-state index contributed by atoms with van der Waals surface area (Å²) in [5.41, 5.74) is 7.65. The molecule has 2 fully saturated rings. The Hall–Kier alpha value is -3.17. The predicted molar refractivity (Wildman–Crippen MR) is 137 cm³/mol. The number of benzene rings is 2. The lowest BCUT2D eigenvalue weighted by Gasteiger charge is -2.34. The summed E-state index contributed by atoms with van der Waals surface area (Å²) in [6.45, 7) is 16.9. The number of likely N-dealkylation sites (tertiary alicyclic amines) is 1. The van der Waals surface area contributed by atoms with E-state index in [0.29, 0.717) is 5.92 Å². The molecule has 1 saturated carbocycles. The van der Waals surface area contributed by atoms with Gasteiger partial charge in [0, 0.05) is 23.3 Å². The smallest absolute Gasteiger partial charge is 0.307 e. The third-order valence-corrected chi connectivity index (χ3v) is 8.01. The maximum atomic E-state index is 12.8. The number of amides is 1. The summed E-state index contributed by atoms with van der Waals surface area (Å²) >= 11 is 0. The van der Waals surface area contributed by atoms with Crippen LogP contribution in [0.3, 0.4) is 0 Å². The van der Waals surface area contributed by atoms with Crippen LogP contribution in [0.5, 0.6) is 0 Å². The zero-order chi connectivity index (χ0) is 26.0. The summed E-state index contributed by atoms with van der Waals surface area (Å²) < 4.78 is 0. The molecule has 1 heterocycles. The van der Waals surface area contributed by atoms with Crippen molar-refractivity contribution in [2.75, 3.05) is 0 Å². The molecule has 2 aromatic rings. The number of fused-ring (bicyclic) bond motifs is 1. The van der Waals surface area contributed by atoms with Crippen LogP contribution >= 0.6 is 0 Å². The van der Waals surface area contributed by atoms with Crippen LogP contribution in [0.15, 0.2) is 60.7 Å². The van der Waals surface area contributed by atoms with Crippen LogP contribution in [-0.4, -0.2) is 40.1 Å². The highest BCUT2D eigenvalue weighted by molar-refractivity contribution is 5.85. The van der Waals surface area contributed by atoms with E-state index in [1.54, 1.807) is 11.8 Å². The highest BCUT2D eigenvalue weighted by atomic mass is 16.4. The largest absolute Gasteiger partial charge is 0.481 e. The van der Waals surface area contributed by atoms with Gasteiger partial charge in [0.25, 0.3) is 0 Å². The van der Waals surface area contributed by atoms with E-state index in [0.717, 1.165) is 24.0 Å². The molecule has 3 N–H and O–H groups in total. The number of carboxylic acids is 1. The van der Waals surface area contributed by atoms with Gasteiger partial charge in [-0.15, -0.1) is 0 Å². The van der Waals surface area contributed by atoms with E-state index < -0.39 is 17.4 Å². The molecule has 0 aromatic heterocycles. The molecule has 4 rings (SSSR count). The lowest BCUT2D eigenvalue weighted by atomic mass is 9.74. The second-order valence-corrected chi connectivity index (χ2v) is 10.9.